The second-order valence-electron chi connectivity index (χ2n) is 6.46. The van der Waals surface area contributed by atoms with Gasteiger partial charge in [-0.15, -0.1) is 0 Å². The quantitative estimate of drug-likeness (QED) is 0.606. The van der Waals surface area contributed by atoms with Crippen molar-refractivity contribution in [2.24, 2.45) is 0 Å². The SMILES string of the molecule is C1=C=c2cccc(C3=CC=C(c4cccc5ccccc45)C3)c2=CC=1. The van der Waals surface area contributed by atoms with Gasteiger partial charge in [-0.3, -0.25) is 0 Å². The molecule has 3 aromatic carbocycles. The minimum Gasteiger partial charge on any atom is -0.0696 e. The molecule has 2 aliphatic rings. The van der Waals surface area contributed by atoms with E-state index >= 15 is 0 Å². The van der Waals surface area contributed by atoms with Crippen LogP contribution in [0.1, 0.15) is 17.5 Å². The molecule has 0 atom stereocenters. The van der Waals surface area contributed by atoms with Gasteiger partial charge >= 0.3 is 0 Å². The first-order valence-electron chi connectivity index (χ1n) is 8.59. The summed E-state index contributed by atoms with van der Waals surface area (Å²) in [6.07, 6.45) is 9.58. The molecule has 0 nitrogen and oxygen atoms in total. The van der Waals surface area contributed by atoms with Crippen molar-refractivity contribution >= 4 is 33.7 Å². The molecule has 25 heavy (non-hydrogen) atoms. The maximum absolute atomic E-state index is 3.21. The highest BCUT2D eigenvalue weighted by molar-refractivity contribution is 5.98. The van der Waals surface area contributed by atoms with Crippen LogP contribution in [0.4, 0.5) is 0 Å². The summed E-state index contributed by atoms with van der Waals surface area (Å²) >= 11 is 0. The van der Waals surface area contributed by atoms with Gasteiger partial charge in [0, 0.05) is 5.22 Å². The lowest BCUT2D eigenvalue weighted by Crippen LogP contribution is -2.27. The van der Waals surface area contributed by atoms with Crippen LogP contribution in [0.25, 0.3) is 33.7 Å². The predicted octanol–water partition coefficient (Wildman–Crippen LogP) is 4.60. The highest BCUT2D eigenvalue weighted by atomic mass is 14.2. The third-order valence-corrected chi connectivity index (χ3v) is 4.99. The molecule has 0 aromatic heterocycles. The van der Waals surface area contributed by atoms with E-state index < -0.39 is 0 Å². The average Bonchev–Trinajstić information content (AvgIpc) is 3.17. The van der Waals surface area contributed by atoms with Crippen LogP contribution >= 0.6 is 0 Å². The summed E-state index contributed by atoms with van der Waals surface area (Å²) in [6, 6.07) is 21.6. The van der Waals surface area contributed by atoms with Crippen molar-refractivity contribution in [3.8, 4) is 0 Å². The fourth-order valence-corrected chi connectivity index (χ4v) is 3.78. The summed E-state index contributed by atoms with van der Waals surface area (Å²) in [5.41, 5.74) is 11.7. The van der Waals surface area contributed by atoms with E-state index in [4.69, 9.17) is 0 Å². The Kier molecular flexibility index (Phi) is 3.18. The number of hydrogen-bond acceptors (Lipinski definition) is 0. The van der Waals surface area contributed by atoms with Crippen LogP contribution in [0, 0.1) is 0 Å². The van der Waals surface area contributed by atoms with Gasteiger partial charge in [0.1, 0.15) is 0 Å². The molecule has 0 N–H and O–H groups in total. The maximum atomic E-state index is 3.21. The summed E-state index contributed by atoms with van der Waals surface area (Å²) < 4.78 is 0. The molecule has 0 aliphatic heterocycles. The Morgan fingerprint density at radius 2 is 1.44 bits per heavy atom. The lowest BCUT2D eigenvalue weighted by Gasteiger charge is -2.10. The average molecular weight is 316 g/mol. The highest BCUT2D eigenvalue weighted by Crippen LogP contribution is 2.35. The van der Waals surface area contributed by atoms with Crippen molar-refractivity contribution in [1.82, 2.24) is 0 Å². The summed E-state index contributed by atoms with van der Waals surface area (Å²) in [4.78, 5) is 0. The van der Waals surface area contributed by atoms with Gasteiger partial charge < -0.3 is 0 Å². The van der Waals surface area contributed by atoms with Crippen LogP contribution in [0.3, 0.4) is 0 Å². The Balaban J connectivity index is 1.57. The van der Waals surface area contributed by atoms with Crippen LogP contribution in [-0.4, -0.2) is 0 Å². The van der Waals surface area contributed by atoms with E-state index in [1.807, 2.05) is 6.08 Å². The summed E-state index contributed by atoms with van der Waals surface area (Å²) in [5.74, 6) is 0. The molecule has 3 aromatic rings. The molecular formula is C25H16. The number of benzene rings is 3. The Bertz CT molecular complexity index is 1260. The zero-order valence-electron chi connectivity index (χ0n) is 13.8. The topological polar surface area (TPSA) is 0 Å². The molecule has 0 spiro atoms. The Morgan fingerprint density at radius 3 is 2.40 bits per heavy atom. The van der Waals surface area contributed by atoms with Gasteiger partial charge in [0.15, 0.2) is 0 Å². The molecule has 0 bridgehead atoms. The Hall–Kier alpha value is -3.30. The van der Waals surface area contributed by atoms with Crippen molar-refractivity contribution in [3.05, 3.63) is 106 Å². The summed E-state index contributed by atoms with van der Waals surface area (Å²) in [7, 11) is 0. The van der Waals surface area contributed by atoms with Crippen LogP contribution in [0.5, 0.6) is 0 Å². The van der Waals surface area contributed by atoms with Gasteiger partial charge in [-0.05, 0) is 62.9 Å². The number of rotatable bonds is 2. The second-order valence-corrected chi connectivity index (χ2v) is 6.46. The van der Waals surface area contributed by atoms with Crippen LogP contribution < -0.4 is 10.4 Å². The van der Waals surface area contributed by atoms with Crippen molar-refractivity contribution in [1.29, 1.82) is 0 Å². The molecule has 0 unspecified atom stereocenters. The standard InChI is InChI=1S/C25H16/c1-3-11-22-18(7-1)9-5-13-24(22)20-15-16-21(17-20)25-14-6-10-19-8-2-4-12-23(19)25/h1,3-7,9-16H,17H2. The van der Waals surface area contributed by atoms with E-state index in [1.165, 1.54) is 38.3 Å². The lowest BCUT2D eigenvalue weighted by atomic mass is 9.93. The fourth-order valence-electron chi connectivity index (χ4n) is 3.78. The van der Waals surface area contributed by atoms with Crippen LogP contribution in [0.15, 0.2) is 84.6 Å². The molecule has 2 aliphatic carbocycles. The van der Waals surface area contributed by atoms with E-state index in [9.17, 15) is 0 Å². The van der Waals surface area contributed by atoms with Crippen LogP contribution in [-0.2, 0) is 0 Å². The highest BCUT2D eigenvalue weighted by Gasteiger charge is 2.15. The molecule has 0 heterocycles. The van der Waals surface area contributed by atoms with Gasteiger partial charge in [-0.25, -0.2) is 0 Å². The van der Waals surface area contributed by atoms with Crippen LogP contribution in [0.2, 0.25) is 0 Å². The van der Waals surface area contributed by atoms with Gasteiger partial charge in [-0.2, -0.15) is 0 Å². The third-order valence-electron chi connectivity index (χ3n) is 4.99. The smallest absolute Gasteiger partial charge is 0.0327 e. The number of allylic oxidation sites excluding steroid dienone is 5. The Morgan fingerprint density at radius 1 is 0.680 bits per heavy atom. The molecule has 0 radical (unpaired) electrons. The van der Waals surface area contributed by atoms with Gasteiger partial charge in [0.2, 0.25) is 0 Å². The van der Waals surface area contributed by atoms with Crippen molar-refractivity contribution < 1.29 is 0 Å². The fraction of sp³-hybridized carbons (Fsp3) is 0.0400. The normalized spacial score (nSPS) is 14.6. The predicted molar refractivity (Wildman–Crippen MR) is 106 cm³/mol. The minimum atomic E-state index is 0.964. The van der Waals surface area contributed by atoms with Crippen molar-refractivity contribution in [2.45, 2.75) is 6.42 Å². The van der Waals surface area contributed by atoms with Crippen molar-refractivity contribution in [2.75, 3.05) is 0 Å². The second kappa shape index (κ2) is 5.65. The zero-order valence-corrected chi connectivity index (χ0v) is 13.8. The monoisotopic (exact) mass is 316 g/mol. The van der Waals surface area contributed by atoms with E-state index in [0.717, 1.165) is 11.6 Å². The van der Waals surface area contributed by atoms with Crippen molar-refractivity contribution in [3.63, 3.8) is 0 Å². The number of hydrogen-bond donors (Lipinski definition) is 0. The molecule has 116 valence electrons. The van der Waals surface area contributed by atoms with E-state index in [2.05, 4.69) is 90.4 Å². The first kappa shape index (κ1) is 14.1. The number of fused-ring (bicyclic) bond motifs is 2. The van der Waals surface area contributed by atoms with E-state index in [0.29, 0.717) is 0 Å². The summed E-state index contributed by atoms with van der Waals surface area (Å²) in [6.45, 7) is 0. The minimum absolute atomic E-state index is 0.964. The molecule has 0 saturated carbocycles. The molecule has 0 heteroatoms. The molecule has 0 saturated heterocycles. The van der Waals surface area contributed by atoms with Gasteiger partial charge in [-0.1, -0.05) is 78.2 Å². The summed E-state index contributed by atoms with van der Waals surface area (Å²) in [5, 5.41) is 5.00. The molecule has 0 fully saturated rings. The maximum Gasteiger partial charge on any atom is 0.0327 e. The first-order valence-corrected chi connectivity index (χ1v) is 8.59. The first-order chi connectivity index (χ1) is 12.4. The molecule has 5 rings (SSSR count). The van der Waals surface area contributed by atoms with E-state index in [-0.39, 0.29) is 0 Å². The third kappa shape index (κ3) is 2.33. The molecule has 0 amide bonds. The zero-order chi connectivity index (χ0) is 16.6. The van der Waals surface area contributed by atoms with E-state index in [1.54, 1.807) is 0 Å². The van der Waals surface area contributed by atoms with Gasteiger partial charge in [0.25, 0.3) is 0 Å². The largest absolute Gasteiger partial charge is 0.0696 e. The Labute approximate surface area is 146 Å². The lowest BCUT2D eigenvalue weighted by molar-refractivity contribution is 1.38. The molecular weight excluding hydrogens is 300 g/mol. The van der Waals surface area contributed by atoms with Gasteiger partial charge in [0.05, 0.1) is 0 Å².